The van der Waals surface area contributed by atoms with Crippen LogP contribution >= 0.6 is 27.7 Å². The van der Waals surface area contributed by atoms with Crippen molar-refractivity contribution in [2.75, 3.05) is 11.1 Å². The highest BCUT2D eigenvalue weighted by molar-refractivity contribution is 9.10. The number of aromatic nitrogens is 3. The summed E-state index contributed by atoms with van der Waals surface area (Å²) < 4.78 is 3.01. The molecular formula is C29H31BrN4OS. The van der Waals surface area contributed by atoms with Crippen molar-refractivity contribution in [1.82, 2.24) is 14.8 Å². The van der Waals surface area contributed by atoms with Crippen molar-refractivity contribution in [2.24, 2.45) is 0 Å². The summed E-state index contributed by atoms with van der Waals surface area (Å²) in [6.45, 7) is 12.7. The van der Waals surface area contributed by atoms with Crippen LogP contribution in [-0.2, 0) is 10.2 Å². The number of carbonyl (C=O) groups excluding carboxylic acids is 1. The molecule has 0 saturated heterocycles. The molecule has 0 aliphatic heterocycles. The van der Waals surface area contributed by atoms with Gasteiger partial charge in [-0.25, -0.2) is 0 Å². The molecule has 1 heterocycles. The summed E-state index contributed by atoms with van der Waals surface area (Å²) in [4.78, 5) is 12.9. The summed E-state index contributed by atoms with van der Waals surface area (Å²) in [7, 11) is 0. The molecule has 5 nitrogen and oxygen atoms in total. The van der Waals surface area contributed by atoms with Gasteiger partial charge in [0.25, 0.3) is 0 Å². The molecule has 3 aromatic carbocycles. The number of hydrogen-bond donors (Lipinski definition) is 1. The zero-order valence-corrected chi connectivity index (χ0v) is 23.9. The molecular weight excluding hydrogens is 532 g/mol. The number of carbonyl (C=O) groups is 1. The van der Waals surface area contributed by atoms with Crippen LogP contribution in [0.15, 0.2) is 70.3 Å². The highest BCUT2D eigenvalue weighted by Crippen LogP contribution is 2.31. The maximum absolute atomic E-state index is 12.9. The van der Waals surface area contributed by atoms with Crippen LogP contribution in [-0.4, -0.2) is 26.4 Å². The van der Waals surface area contributed by atoms with Gasteiger partial charge >= 0.3 is 0 Å². The lowest BCUT2D eigenvalue weighted by Gasteiger charge is -2.19. The fourth-order valence-electron chi connectivity index (χ4n) is 4.18. The third kappa shape index (κ3) is 5.90. The van der Waals surface area contributed by atoms with Gasteiger partial charge < -0.3 is 5.32 Å². The summed E-state index contributed by atoms with van der Waals surface area (Å²) in [6.07, 6.45) is 0. The molecule has 0 unspecified atom stereocenters. The SMILES string of the molecule is Cc1cc(C)c(NC(=O)CSc2nnc(-c3ccc(C(C)(C)C)cc3)n2-c2ccc(Br)cc2)c(C)c1. The Hall–Kier alpha value is -2.90. The molecule has 0 aliphatic carbocycles. The highest BCUT2D eigenvalue weighted by Gasteiger charge is 2.19. The second-order valence-electron chi connectivity index (χ2n) is 10.1. The first-order valence-electron chi connectivity index (χ1n) is 11.9. The van der Waals surface area contributed by atoms with Gasteiger partial charge in [-0.1, -0.05) is 90.4 Å². The van der Waals surface area contributed by atoms with Crippen LogP contribution in [0.4, 0.5) is 5.69 Å². The Morgan fingerprint density at radius 2 is 1.56 bits per heavy atom. The molecule has 0 atom stereocenters. The van der Waals surface area contributed by atoms with Gasteiger partial charge in [-0.3, -0.25) is 9.36 Å². The smallest absolute Gasteiger partial charge is 0.234 e. The minimum absolute atomic E-state index is 0.0699. The van der Waals surface area contributed by atoms with Gasteiger partial charge in [0, 0.05) is 21.4 Å². The summed E-state index contributed by atoms with van der Waals surface area (Å²) in [6, 6.07) is 20.6. The molecule has 0 fully saturated rings. The van der Waals surface area contributed by atoms with Crippen LogP contribution in [0, 0.1) is 20.8 Å². The van der Waals surface area contributed by atoms with E-state index in [-0.39, 0.29) is 17.1 Å². The molecule has 0 radical (unpaired) electrons. The Balaban J connectivity index is 1.62. The van der Waals surface area contributed by atoms with Gasteiger partial charge in [-0.15, -0.1) is 10.2 Å². The summed E-state index contributed by atoms with van der Waals surface area (Å²) >= 11 is 4.89. The third-order valence-electron chi connectivity index (χ3n) is 6.00. The van der Waals surface area contributed by atoms with Crippen LogP contribution in [0.3, 0.4) is 0 Å². The van der Waals surface area contributed by atoms with E-state index < -0.39 is 0 Å². The Bertz CT molecular complexity index is 1360. The Labute approximate surface area is 225 Å². The van der Waals surface area contributed by atoms with Crippen LogP contribution in [0.1, 0.15) is 43.0 Å². The first kappa shape index (κ1) is 26.2. The Morgan fingerprint density at radius 3 is 2.14 bits per heavy atom. The zero-order valence-electron chi connectivity index (χ0n) is 21.5. The van der Waals surface area contributed by atoms with Gasteiger partial charge in [0.2, 0.25) is 5.91 Å². The maximum atomic E-state index is 12.9. The standard InChI is InChI=1S/C29H31BrN4OS/c1-18-15-19(2)26(20(3)16-18)31-25(35)17-36-28-33-32-27(34(28)24-13-11-23(30)12-14-24)21-7-9-22(10-8-21)29(4,5)6/h7-16H,17H2,1-6H3,(H,31,35). The van der Waals surface area contributed by atoms with Crippen molar-refractivity contribution in [3.05, 3.63) is 87.4 Å². The predicted molar refractivity (Wildman–Crippen MR) is 153 cm³/mol. The quantitative estimate of drug-likeness (QED) is 0.245. The minimum atomic E-state index is -0.0727. The van der Waals surface area contributed by atoms with Gasteiger partial charge in [0.1, 0.15) is 0 Å². The number of aryl methyl sites for hydroxylation is 3. The average molecular weight is 564 g/mol. The molecule has 0 aliphatic rings. The number of amides is 1. The number of hydrogen-bond acceptors (Lipinski definition) is 4. The van der Waals surface area contributed by atoms with Gasteiger partial charge in [-0.05, 0) is 67.1 Å². The van der Waals surface area contributed by atoms with E-state index in [0.29, 0.717) is 5.16 Å². The fraction of sp³-hybridized carbons (Fsp3) is 0.276. The first-order chi connectivity index (χ1) is 17.0. The van der Waals surface area contributed by atoms with E-state index in [0.717, 1.165) is 38.4 Å². The van der Waals surface area contributed by atoms with Crippen molar-refractivity contribution < 1.29 is 4.79 Å². The lowest BCUT2D eigenvalue weighted by Crippen LogP contribution is -2.16. The van der Waals surface area contributed by atoms with E-state index in [1.165, 1.54) is 22.9 Å². The summed E-state index contributed by atoms with van der Waals surface area (Å²) in [5.41, 5.74) is 7.42. The summed E-state index contributed by atoms with van der Waals surface area (Å²) in [5, 5.41) is 12.7. The largest absolute Gasteiger partial charge is 0.325 e. The van der Waals surface area contributed by atoms with Gasteiger partial charge in [-0.2, -0.15) is 0 Å². The molecule has 0 bridgehead atoms. The van der Waals surface area contributed by atoms with E-state index in [9.17, 15) is 4.79 Å². The summed E-state index contributed by atoms with van der Waals surface area (Å²) in [5.74, 6) is 0.895. The number of thioether (sulfide) groups is 1. The number of benzene rings is 3. The number of halogens is 1. The number of nitrogens with one attached hydrogen (secondary N) is 1. The molecule has 1 N–H and O–H groups in total. The number of rotatable bonds is 6. The molecule has 1 aromatic heterocycles. The van der Waals surface area contributed by atoms with Crippen LogP contribution < -0.4 is 5.32 Å². The second kappa shape index (κ2) is 10.6. The van der Waals surface area contributed by atoms with E-state index in [4.69, 9.17) is 0 Å². The molecule has 7 heteroatoms. The van der Waals surface area contributed by atoms with E-state index in [1.54, 1.807) is 0 Å². The minimum Gasteiger partial charge on any atom is -0.325 e. The molecule has 4 aromatic rings. The predicted octanol–water partition coefficient (Wildman–Crippen LogP) is 7.65. The van der Waals surface area contributed by atoms with Crippen LogP contribution in [0.2, 0.25) is 0 Å². The van der Waals surface area contributed by atoms with Crippen LogP contribution in [0.5, 0.6) is 0 Å². The normalized spacial score (nSPS) is 11.5. The fourth-order valence-corrected chi connectivity index (χ4v) is 5.19. The van der Waals surface area contributed by atoms with Crippen LogP contribution in [0.25, 0.3) is 17.1 Å². The number of anilines is 1. The van der Waals surface area contributed by atoms with E-state index in [2.05, 4.69) is 95.5 Å². The van der Waals surface area contributed by atoms with Gasteiger partial charge in [0.05, 0.1) is 5.75 Å². The lowest BCUT2D eigenvalue weighted by molar-refractivity contribution is -0.113. The lowest BCUT2D eigenvalue weighted by atomic mass is 9.87. The maximum Gasteiger partial charge on any atom is 0.234 e. The first-order valence-corrected chi connectivity index (χ1v) is 13.6. The monoisotopic (exact) mass is 562 g/mol. The zero-order chi connectivity index (χ0) is 26.0. The third-order valence-corrected chi connectivity index (χ3v) is 7.46. The molecule has 0 saturated carbocycles. The van der Waals surface area contributed by atoms with Crippen molar-refractivity contribution in [1.29, 1.82) is 0 Å². The number of nitrogens with zero attached hydrogens (tertiary/aromatic N) is 3. The van der Waals surface area contributed by atoms with Crippen molar-refractivity contribution >= 4 is 39.3 Å². The molecule has 1 amide bonds. The topological polar surface area (TPSA) is 59.8 Å². The molecule has 4 rings (SSSR count). The van der Waals surface area contributed by atoms with Gasteiger partial charge in [0.15, 0.2) is 11.0 Å². The highest BCUT2D eigenvalue weighted by atomic mass is 79.9. The van der Waals surface area contributed by atoms with E-state index >= 15 is 0 Å². The second-order valence-corrected chi connectivity index (χ2v) is 11.9. The average Bonchev–Trinajstić information content (AvgIpc) is 3.24. The molecule has 36 heavy (non-hydrogen) atoms. The van der Waals surface area contributed by atoms with Crippen molar-refractivity contribution in [3.63, 3.8) is 0 Å². The van der Waals surface area contributed by atoms with Crippen molar-refractivity contribution in [2.45, 2.75) is 52.1 Å². The van der Waals surface area contributed by atoms with Crippen molar-refractivity contribution in [3.8, 4) is 17.1 Å². The Kier molecular flexibility index (Phi) is 7.71. The van der Waals surface area contributed by atoms with E-state index in [1.807, 2.05) is 42.7 Å². The Morgan fingerprint density at radius 1 is 0.944 bits per heavy atom. The molecule has 0 spiro atoms. The molecule has 186 valence electrons.